The van der Waals surface area contributed by atoms with Crippen molar-refractivity contribution in [2.45, 2.75) is 6.54 Å². The summed E-state index contributed by atoms with van der Waals surface area (Å²) in [6.07, 6.45) is 4.71. The number of hydrogen-bond acceptors (Lipinski definition) is 9. The summed E-state index contributed by atoms with van der Waals surface area (Å²) >= 11 is 0. The van der Waals surface area contributed by atoms with Crippen LogP contribution in [0.2, 0.25) is 0 Å². The van der Waals surface area contributed by atoms with Gasteiger partial charge in [0.15, 0.2) is 11.5 Å². The van der Waals surface area contributed by atoms with E-state index in [1.54, 1.807) is 24.5 Å². The largest absolute Gasteiger partial charge is 0.490 e. The first kappa shape index (κ1) is 21.5. The highest BCUT2D eigenvalue weighted by molar-refractivity contribution is 6.06. The molecule has 4 N–H and O–H groups in total. The Kier molecular flexibility index (Phi) is 6.73. The maximum absolute atomic E-state index is 13.1. The lowest BCUT2D eigenvalue weighted by molar-refractivity contribution is 0.0762. The Balaban J connectivity index is 1.73. The number of carbonyl (C=O) groups excluding carboxylic acids is 1. The molecule has 4 rings (SSSR count). The number of carbonyl (C=O) groups is 1. The van der Waals surface area contributed by atoms with Crippen molar-refractivity contribution in [3.8, 4) is 22.8 Å². The van der Waals surface area contributed by atoms with Crippen LogP contribution in [-0.4, -0.2) is 54.3 Å². The van der Waals surface area contributed by atoms with Gasteiger partial charge in [0.05, 0.1) is 37.0 Å². The van der Waals surface area contributed by atoms with Crippen LogP contribution < -0.4 is 25.8 Å². The number of ether oxygens (including phenoxy) is 3. The van der Waals surface area contributed by atoms with E-state index in [4.69, 9.17) is 19.9 Å². The topological polar surface area (TPSA) is 134 Å². The number of para-hydroxylation sites is 1. The number of rotatable bonds is 2. The summed E-state index contributed by atoms with van der Waals surface area (Å²) in [6, 6.07) is 7.30. The van der Waals surface area contributed by atoms with Gasteiger partial charge in [0.2, 0.25) is 0 Å². The van der Waals surface area contributed by atoms with Crippen molar-refractivity contribution in [2.24, 2.45) is 0 Å². The fourth-order valence-electron chi connectivity index (χ4n) is 3.23. The van der Waals surface area contributed by atoms with Gasteiger partial charge in [-0.1, -0.05) is 12.1 Å². The lowest BCUT2D eigenvalue weighted by Crippen LogP contribution is -2.19. The van der Waals surface area contributed by atoms with E-state index in [9.17, 15) is 4.79 Å². The molecular weight excluding hydrogens is 412 g/mol. The third-order valence-corrected chi connectivity index (χ3v) is 4.71. The van der Waals surface area contributed by atoms with Crippen molar-refractivity contribution in [1.82, 2.24) is 20.3 Å². The minimum Gasteiger partial charge on any atom is -0.490 e. The number of aromatic nitrogens is 3. The number of benzene rings is 1. The van der Waals surface area contributed by atoms with Crippen LogP contribution in [0.25, 0.3) is 11.3 Å². The van der Waals surface area contributed by atoms with Crippen molar-refractivity contribution < 1.29 is 19.0 Å². The zero-order valence-corrected chi connectivity index (χ0v) is 17.6. The Morgan fingerprint density at radius 2 is 1.97 bits per heavy atom. The van der Waals surface area contributed by atoms with Crippen LogP contribution in [0.15, 0.2) is 42.9 Å². The van der Waals surface area contributed by atoms with E-state index in [1.165, 1.54) is 6.20 Å². The van der Waals surface area contributed by atoms with Crippen LogP contribution in [0, 0.1) is 0 Å². The molecule has 4 bridgehead atoms. The van der Waals surface area contributed by atoms with E-state index in [0.29, 0.717) is 61.4 Å². The Morgan fingerprint density at radius 3 is 2.81 bits per heavy atom. The number of fused-ring (bicyclic) bond motifs is 6. The quantitative estimate of drug-likeness (QED) is 0.550. The van der Waals surface area contributed by atoms with Crippen LogP contribution in [0.3, 0.4) is 0 Å². The number of nitrogens with two attached hydrogens (primary N) is 1. The Labute approximate surface area is 185 Å². The van der Waals surface area contributed by atoms with E-state index < -0.39 is 5.91 Å². The minimum atomic E-state index is -0.496. The Morgan fingerprint density at radius 1 is 1.12 bits per heavy atom. The highest BCUT2D eigenvalue weighted by Crippen LogP contribution is 2.30. The van der Waals surface area contributed by atoms with Crippen LogP contribution >= 0.6 is 0 Å². The molecule has 2 aromatic heterocycles. The molecule has 1 aliphatic heterocycles. The third-order valence-electron chi connectivity index (χ3n) is 4.71. The number of pyridine rings is 1. The number of nitrogens with zero attached hydrogens (tertiary/aromatic N) is 3. The predicted octanol–water partition coefficient (Wildman–Crippen LogP) is 1.88. The van der Waals surface area contributed by atoms with Gasteiger partial charge in [-0.3, -0.25) is 9.78 Å². The molecule has 32 heavy (non-hydrogen) atoms. The molecule has 0 radical (unpaired) electrons. The number of amides is 1. The van der Waals surface area contributed by atoms with Gasteiger partial charge in [-0.15, -0.1) is 0 Å². The Bertz CT molecular complexity index is 1110. The average molecular weight is 436 g/mol. The summed E-state index contributed by atoms with van der Waals surface area (Å²) < 4.78 is 17.3. The maximum Gasteiger partial charge on any atom is 0.278 e. The zero-order valence-electron chi connectivity index (χ0n) is 17.6. The smallest absolute Gasteiger partial charge is 0.278 e. The second kappa shape index (κ2) is 10.0. The lowest BCUT2D eigenvalue weighted by atomic mass is 10.1. The van der Waals surface area contributed by atoms with Crippen molar-refractivity contribution in [3.63, 3.8) is 0 Å². The summed E-state index contributed by atoms with van der Waals surface area (Å²) in [5.41, 5.74) is 8.47. The van der Waals surface area contributed by atoms with Crippen molar-refractivity contribution in [1.29, 1.82) is 0 Å². The molecule has 1 aromatic carbocycles. The first-order valence-corrected chi connectivity index (χ1v) is 10.1. The summed E-state index contributed by atoms with van der Waals surface area (Å²) in [6.45, 7) is 1.97. The molecular formula is C22H24N6O4. The maximum atomic E-state index is 13.1. The standard InChI is InChI=1S/C22H24N6O4/c1-24-10-14-3-2-4-17-20(14)32-8-6-30-5-7-31-16-9-15(11-25-12-16)18-13-26-21(23)19(27-18)22(29)28-17/h2-4,9,11-13,24H,5-8,10H2,1H3,(H2,23,26)(H,28,29). The predicted molar refractivity (Wildman–Crippen MR) is 119 cm³/mol. The van der Waals surface area contributed by atoms with E-state index >= 15 is 0 Å². The highest BCUT2D eigenvalue weighted by Gasteiger charge is 2.19. The highest BCUT2D eigenvalue weighted by atomic mass is 16.5. The summed E-state index contributed by atoms with van der Waals surface area (Å²) in [5, 5.41) is 5.96. The summed E-state index contributed by atoms with van der Waals surface area (Å²) in [7, 11) is 1.84. The lowest BCUT2D eigenvalue weighted by Gasteiger charge is -2.17. The average Bonchev–Trinajstić information content (AvgIpc) is 2.80. The fourth-order valence-corrected chi connectivity index (χ4v) is 3.23. The number of hydrogen-bond donors (Lipinski definition) is 3. The van der Waals surface area contributed by atoms with Crippen molar-refractivity contribution in [2.75, 3.05) is 44.5 Å². The van der Waals surface area contributed by atoms with Crippen LogP contribution in [0.1, 0.15) is 16.1 Å². The second-order valence-corrected chi connectivity index (χ2v) is 6.99. The van der Waals surface area contributed by atoms with Gasteiger partial charge in [-0.05, 0) is 19.2 Å². The van der Waals surface area contributed by atoms with E-state index in [0.717, 1.165) is 5.56 Å². The van der Waals surface area contributed by atoms with Gasteiger partial charge in [-0.2, -0.15) is 0 Å². The monoisotopic (exact) mass is 436 g/mol. The van der Waals surface area contributed by atoms with E-state index in [-0.39, 0.29) is 11.5 Å². The number of nitrogen functional groups attached to an aromatic ring is 1. The second-order valence-electron chi connectivity index (χ2n) is 6.99. The molecule has 0 fully saturated rings. The van der Waals surface area contributed by atoms with E-state index in [2.05, 4.69) is 25.6 Å². The Hall–Kier alpha value is -3.76. The fraction of sp³-hybridized carbons (Fsp3) is 0.273. The molecule has 3 aromatic rings. The van der Waals surface area contributed by atoms with Gasteiger partial charge in [-0.25, -0.2) is 9.97 Å². The van der Waals surface area contributed by atoms with Gasteiger partial charge in [0.25, 0.3) is 5.91 Å². The first-order chi connectivity index (χ1) is 15.7. The van der Waals surface area contributed by atoms with Gasteiger partial charge >= 0.3 is 0 Å². The molecule has 0 saturated heterocycles. The molecule has 0 unspecified atom stereocenters. The molecule has 10 heteroatoms. The SMILES string of the molecule is CNCc1cccc2c1OCCOCCOc1cncc(c1)-c1cnc(N)c(n1)C(=O)N2. The van der Waals surface area contributed by atoms with Crippen LogP contribution in [0.4, 0.5) is 11.5 Å². The summed E-state index contributed by atoms with van der Waals surface area (Å²) in [5.74, 6) is 0.634. The molecule has 0 saturated carbocycles. The third kappa shape index (κ3) is 4.93. The molecule has 0 atom stereocenters. The molecule has 1 amide bonds. The normalized spacial score (nSPS) is 14.3. The molecule has 10 nitrogen and oxygen atoms in total. The van der Waals surface area contributed by atoms with Crippen molar-refractivity contribution in [3.05, 3.63) is 54.1 Å². The summed E-state index contributed by atoms with van der Waals surface area (Å²) in [4.78, 5) is 25.8. The minimum absolute atomic E-state index is 0.00596. The number of nitrogens with one attached hydrogen (secondary N) is 2. The van der Waals surface area contributed by atoms with Crippen molar-refractivity contribution >= 4 is 17.4 Å². The van der Waals surface area contributed by atoms with Gasteiger partial charge < -0.3 is 30.6 Å². The number of anilines is 2. The first-order valence-electron chi connectivity index (χ1n) is 10.1. The van der Waals surface area contributed by atoms with Gasteiger partial charge in [0.1, 0.15) is 24.7 Å². The zero-order chi connectivity index (χ0) is 22.3. The molecule has 3 heterocycles. The molecule has 1 aliphatic rings. The molecule has 166 valence electrons. The van der Waals surface area contributed by atoms with Crippen LogP contribution in [0.5, 0.6) is 11.5 Å². The van der Waals surface area contributed by atoms with E-state index in [1.807, 2.05) is 19.2 Å². The van der Waals surface area contributed by atoms with Crippen LogP contribution in [-0.2, 0) is 11.3 Å². The van der Waals surface area contributed by atoms with Gasteiger partial charge in [0, 0.05) is 23.9 Å². The molecule has 0 aliphatic carbocycles. The molecule has 0 spiro atoms.